The van der Waals surface area contributed by atoms with E-state index in [4.69, 9.17) is 5.11 Å². The normalized spacial score (nSPS) is 9.00. The molecule has 0 heterocycles. The molecule has 0 amide bonds. The predicted molar refractivity (Wildman–Crippen MR) is 58.7 cm³/mol. The van der Waals surface area contributed by atoms with Crippen LogP contribution in [0.15, 0.2) is 30.3 Å². The summed E-state index contributed by atoms with van der Waals surface area (Å²) in [6.45, 7) is 3.28. The van der Waals surface area contributed by atoms with Gasteiger partial charge in [0.15, 0.2) is 0 Å². The molecule has 15 heavy (non-hydrogen) atoms. The summed E-state index contributed by atoms with van der Waals surface area (Å²) in [5, 5.41) is 7.99. The minimum absolute atomic E-state index is 0.231. The first-order valence-corrected chi connectivity index (χ1v) is 4.78. The van der Waals surface area contributed by atoms with Gasteiger partial charge in [-0.3, -0.25) is 4.79 Å². The molecule has 0 bridgehead atoms. The summed E-state index contributed by atoms with van der Waals surface area (Å²) in [6, 6.07) is 9.68. The molecule has 0 aliphatic carbocycles. The summed E-state index contributed by atoms with van der Waals surface area (Å²) >= 11 is 0. The Labute approximate surface area is 89.7 Å². The summed E-state index contributed by atoms with van der Waals surface area (Å²) in [5.41, 5.74) is 1.08. The number of carbonyl (C=O) groups is 2. The molecule has 0 radical (unpaired) electrons. The van der Waals surface area contributed by atoms with Crippen molar-refractivity contribution >= 4 is 12.3 Å². The van der Waals surface area contributed by atoms with Crippen LogP contribution in [0.4, 0.5) is 0 Å². The van der Waals surface area contributed by atoms with Crippen LogP contribution in [0.1, 0.15) is 19.4 Å². The van der Waals surface area contributed by atoms with E-state index in [1.807, 2.05) is 30.3 Å². The zero-order valence-electron chi connectivity index (χ0n) is 9.01. The summed E-state index contributed by atoms with van der Waals surface area (Å²) < 4.78 is 0. The third-order valence-corrected chi connectivity index (χ3v) is 1.66. The van der Waals surface area contributed by atoms with E-state index in [0.29, 0.717) is 6.42 Å². The Bertz CT molecular complexity index is 291. The molecule has 82 valence electrons. The molecule has 1 N–H and O–H groups in total. The van der Waals surface area contributed by atoms with E-state index >= 15 is 0 Å². The maximum atomic E-state index is 9.97. The Morgan fingerprint density at radius 2 is 1.80 bits per heavy atom. The molecule has 0 aliphatic rings. The van der Waals surface area contributed by atoms with Gasteiger partial charge in [0.05, 0.1) is 5.92 Å². The number of carboxylic acid groups (broad SMARTS) is 1. The lowest BCUT2D eigenvalue weighted by molar-refractivity contribution is -0.140. The zero-order valence-corrected chi connectivity index (χ0v) is 9.01. The molecule has 0 aliphatic heterocycles. The summed E-state index contributed by atoms with van der Waals surface area (Å²) in [5.74, 6) is -0.972. The van der Waals surface area contributed by atoms with Crippen LogP contribution in [0.25, 0.3) is 0 Å². The first-order valence-electron chi connectivity index (χ1n) is 4.78. The second kappa shape index (κ2) is 7.74. The Hall–Kier alpha value is -1.64. The molecule has 0 fully saturated rings. The number of hydrogen-bond donors (Lipinski definition) is 1. The van der Waals surface area contributed by atoms with Gasteiger partial charge in [0, 0.05) is 6.42 Å². The van der Waals surface area contributed by atoms with Crippen molar-refractivity contribution in [2.75, 3.05) is 0 Å². The van der Waals surface area contributed by atoms with Crippen molar-refractivity contribution in [3.63, 3.8) is 0 Å². The third-order valence-electron chi connectivity index (χ3n) is 1.66. The Balaban J connectivity index is 0.000000288. The van der Waals surface area contributed by atoms with Gasteiger partial charge in [-0.25, -0.2) is 0 Å². The van der Waals surface area contributed by atoms with E-state index in [9.17, 15) is 9.59 Å². The largest absolute Gasteiger partial charge is 0.481 e. The Morgan fingerprint density at radius 1 is 1.33 bits per heavy atom. The summed E-state index contributed by atoms with van der Waals surface area (Å²) in [6.07, 6.45) is 1.44. The van der Waals surface area contributed by atoms with E-state index in [-0.39, 0.29) is 5.92 Å². The highest BCUT2D eigenvalue weighted by atomic mass is 16.4. The van der Waals surface area contributed by atoms with Crippen LogP contribution in [0.2, 0.25) is 0 Å². The molecule has 1 aromatic rings. The molecule has 0 saturated heterocycles. The van der Waals surface area contributed by atoms with Gasteiger partial charge in [-0.15, -0.1) is 0 Å². The molecule has 0 saturated carbocycles. The summed E-state index contributed by atoms with van der Waals surface area (Å²) in [7, 11) is 0. The number of hydrogen-bond acceptors (Lipinski definition) is 2. The quantitative estimate of drug-likeness (QED) is 0.774. The highest BCUT2D eigenvalue weighted by Crippen LogP contribution is 1.96. The van der Waals surface area contributed by atoms with Crippen molar-refractivity contribution in [1.29, 1.82) is 0 Å². The van der Waals surface area contributed by atoms with Gasteiger partial charge in [-0.2, -0.15) is 0 Å². The van der Waals surface area contributed by atoms with Gasteiger partial charge in [0.1, 0.15) is 6.29 Å². The maximum absolute atomic E-state index is 9.97. The van der Waals surface area contributed by atoms with Crippen LogP contribution in [0.3, 0.4) is 0 Å². The first-order chi connectivity index (χ1) is 7.07. The minimum Gasteiger partial charge on any atom is -0.481 e. The second-order valence-electron chi connectivity index (χ2n) is 3.35. The topological polar surface area (TPSA) is 54.4 Å². The molecular formula is C12H16O3. The van der Waals surface area contributed by atoms with Crippen LogP contribution in [0.5, 0.6) is 0 Å². The fourth-order valence-electron chi connectivity index (χ4n) is 0.710. The van der Waals surface area contributed by atoms with Crippen molar-refractivity contribution in [3.8, 4) is 0 Å². The van der Waals surface area contributed by atoms with Gasteiger partial charge >= 0.3 is 5.97 Å². The Morgan fingerprint density at radius 3 is 2.13 bits per heavy atom. The fraction of sp³-hybridized carbons (Fsp3) is 0.333. The maximum Gasteiger partial charge on any atom is 0.305 e. The van der Waals surface area contributed by atoms with Crippen molar-refractivity contribution in [2.45, 2.75) is 20.3 Å². The lowest BCUT2D eigenvalue weighted by atomic mass is 10.2. The standard InChI is InChI=1S/C8H8O.C4H8O2/c9-7-6-8-4-2-1-3-5-8;1-3(2)4(5)6/h1-5,7H,6H2;3H,1-2H3,(H,5,6). The molecule has 1 rings (SSSR count). The average Bonchev–Trinajstić information content (AvgIpc) is 2.20. The van der Waals surface area contributed by atoms with Gasteiger partial charge < -0.3 is 9.90 Å². The van der Waals surface area contributed by atoms with E-state index in [2.05, 4.69) is 0 Å². The molecule has 0 atom stereocenters. The molecule has 3 heteroatoms. The van der Waals surface area contributed by atoms with Crippen molar-refractivity contribution in [1.82, 2.24) is 0 Å². The molecule has 3 nitrogen and oxygen atoms in total. The van der Waals surface area contributed by atoms with Crippen molar-refractivity contribution < 1.29 is 14.7 Å². The fourth-order valence-corrected chi connectivity index (χ4v) is 0.710. The Kier molecular flexibility index (Phi) is 6.89. The second-order valence-corrected chi connectivity index (χ2v) is 3.35. The SMILES string of the molecule is CC(C)C(=O)O.O=CCc1ccccc1. The molecule has 0 spiro atoms. The van der Waals surface area contributed by atoms with E-state index in [1.165, 1.54) is 0 Å². The molecular weight excluding hydrogens is 192 g/mol. The lowest BCUT2D eigenvalue weighted by Gasteiger charge is -1.89. The van der Waals surface area contributed by atoms with Gasteiger partial charge in [0.25, 0.3) is 0 Å². The highest BCUT2D eigenvalue weighted by Gasteiger charge is 1.99. The summed E-state index contributed by atoms with van der Waals surface area (Å²) in [4.78, 5) is 19.7. The predicted octanol–water partition coefficient (Wildman–Crippen LogP) is 2.16. The van der Waals surface area contributed by atoms with Crippen LogP contribution in [0, 0.1) is 5.92 Å². The lowest BCUT2D eigenvalue weighted by Crippen LogP contribution is -2.03. The average molecular weight is 208 g/mol. The zero-order chi connectivity index (χ0) is 11.7. The monoisotopic (exact) mass is 208 g/mol. The number of aliphatic carboxylic acids is 1. The number of benzene rings is 1. The van der Waals surface area contributed by atoms with Crippen LogP contribution in [-0.2, 0) is 16.0 Å². The number of rotatable bonds is 3. The van der Waals surface area contributed by atoms with E-state index in [0.717, 1.165) is 11.8 Å². The third kappa shape index (κ3) is 7.43. The van der Waals surface area contributed by atoms with Crippen LogP contribution in [-0.4, -0.2) is 17.4 Å². The molecule has 0 unspecified atom stereocenters. The minimum atomic E-state index is -0.741. The highest BCUT2D eigenvalue weighted by molar-refractivity contribution is 5.68. The number of carboxylic acids is 1. The van der Waals surface area contributed by atoms with Crippen LogP contribution >= 0.6 is 0 Å². The van der Waals surface area contributed by atoms with Gasteiger partial charge in [-0.05, 0) is 5.56 Å². The van der Waals surface area contributed by atoms with Crippen molar-refractivity contribution in [3.05, 3.63) is 35.9 Å². The van der Waals surface area contributed by atoms with Gasteiger partial charge in [0.2, 0.25) is 0 Å². The number of carbonyl (C=O) groups excluding carboxylic acids is 1. The van der Waals surface area contributed by atoms with Crippen molar-refractivity contribution in [2.24, 2.45) is 5.92 Å². The number of aldehydes is 1. The van der Waals surface area contributed by atoms with Gasteiger partial charge in [-0.1, -0.05) is 44.2 Å². The van der Waals surface area contributed by atoms with E-state index in [1.54, 1.807) is 13.8 Å². The first kappa shape index (κ1) is 13.4. The van der Waals surface area contributed by atoms with Crippen LogP contribution < -0.4 is 0 Å². The van der Waals surface area contributed by atoms with E-state index < -0.39 is 5.97 Å². The smallest absolute Gasteiger partial charge is 0.305 e. The molecule has 1 aromatic carbocycles. The molecule has 0 aromatic heterocycles.